The Bertz CT molecular complexity index is 297. The van der Waals surface area contributed by atoms with E-state index in [4.69, 9.17) is 0 Å². The minimum absolute atomic E-state index is 0.0139. The van der Waals surface area contributed by atoms with E-state index in [0.29, 0.717) is 13.0 Å². The number of nitrogens with one attached hydrogen (secondary N) is 3. The van der Waals surface area contributed by atoms with Crippen molar-refractivity contribution in [3.05, 3.63) is 0 Å². The summed E-state index contributed by atoms with van der Waals surface area (Å²) < 4.78 is 0. The van der Waals surface area contributed by atoms with Crippen LogP contribution in [0, 0.1) is 0 Å². The summed E-state index contributed by atoms with van der Waals surface area (Å²) in [5.41, 5.74) is 0.0139. The Morgan fingerprint density at radius 3 is 2.78 bits per heavy atom. The Kier molecular flexibility index (Phi) is 5.59. The normalized spacial score (nSPS) is 21.1. The van der Waals surface area contributed by atoms with Crippen LogP contribution in [-0.4, -0.2) is 36.5 Å². The lowest BCUT2D eigenvalue weighted by Gasteiger charge is -2.21. The van der Waals surface area contributed by atoms with Gasteiger partial charge >= 0.3 is 0 Å². The average molecular weight is 255 g/mol. The number of carbonyl (C=O) groups excluding carboxylic acids is 2. The molecule has 0 saturated carbocycles. The smallest absolute Gasteiger partial charge is 0.242 e. The van der Waals surface area contributed by atoms with Crippen LogP contribution in [0.5, 0.6) is 0 Å². The molecular weight excluding hydrogens is 230 g/mol. The number of rotatable bonds is 4. The Balaban J connectivity index is 2.28. The monoisotopic (exact) mass is 255 g/mol. The van der Waals surface area contributed by atoms with E-state index in [1.165, 1.54) is 0 Å². The first-order valence-corrected chi connectivity index (χ1v) is 6.70. The van der Waals surface area contributed by atoms with E-state index in [9.17, 15) is 9.59 Å². The lowest BCUT2D eigenvalue weighted by atomic mass is 10.1. The van der Waals surface area contributed by atoms with Gasteiger partial charge in [-0.15, -0.1) is 0 Å². The van der Waals surface area contributed by atoms with Gasteiger partial charge in [-0.3, -0.25) is 9.59 Å². The van der Waals surface area contributed by atoms with Crippen molar-refractivity contribution >= 4 is 11.8 Å². The third kappa shape index (κ3) is 6.00. The zero-order valence-electron chi connectivity index (χ0n) is 11.6. The van der Waals surface area contributed by atoms with Gasteiger partial charge in [0.25, 0.3) is 0 Å². The van der Waals surface area contributed by atoms with Crippen molar-refractivity contribution in [3.63, 3.8) is 0 Å². The van der Waals surface area contributed by atoms with Crippen molar-refractivity contribution in [2.45, 2.75) is 58.0 Å². The Hall–Kier alpha value is -1.10. The summed E-state index contributed by atoms with van der Waals surface area (Å²) in [6.07, 6.45) is 3.11. The van der Waals surface area contributed by atoms with E-state index >= 15 is 0 Å². The fraction of sp³-hybridized carbons (Fsp3) is 0.846. The highest BCUT2D eigenvalue weighted by Crippen LogP contribution is 2.05. The second kappa shape index (κ2) is 6.73. The topological polar surface area (TPSA) is 70.2 Å². The molecule has 1 aliphatic heterocycles. The lowest BCUT2D eigenvalue weighted by molar-refractivity contribution is -0.128. The van der Waals surface area contributed by atoms with Gasteiger partial charge in [0.1, 0.15) is 6.04 Å². The van der Waals surface area contributed by atoms with Crippen molar-refractivity contribution in [2.24, 2.45) is 0 Å². The molecule has 18 heavy (non-hydrogen) atoms. The second-order valence-electron chi connectivity index (χ2n) is 5.83. The molecular formula is C13H25N3O2. The van der Waals surface area contributed by atoms with Crippen molar-refractivity contribution in [2.75, 3.05) is 13.1 Å². The molecule has 0 aromatic rings. The lowest BCUT2D eigenvalue weighted by Crippen LogP contribution is -2.46. The standard InChI is InChI=1S/C13H25N3O2/c1-13(2,3)15-9-7-11(17)16-10-6-4-5-8-14-12(10)18/h10,15H,4-9H2,1-3H3,(H,14,18)(H,16,17). The maximum atomic E-state index is 11.7. The molecule has 0 spiro atoms. The molecule has 0 aromatic carbocycles. The highest BCUT2D eigenvalue weighted by atomic mass is 16.2. The largest absolute Gasteiger partial charge is 0.354 e. The SMILES string of the molecule is CC(C)(C)NCCC(=O)NC1CCCCNC1=O. The maximum absolute atomic E-state index is 11.7. The van der Waals surface area contributed by atoms with Gasteiger partial charge in [0.15, 0.2) is 0 Å². The van der Waals surface area contributed by atoms with Crippen LogP contribution in [-0.2, 0) is 9.59 Å². The molecule has 0 radical (unpaired) electrons. The van der Waals surface area contributed by atoms with Crippen LogP contribution in [0.4, 0.5) is 0 Å². The Morgan fingerprint density at radius 1 is 1.39 bits per heavy atom. The molecule has 5 nitrogen and oxygen atoms in total. The summed E-state index contributed by atoms with van der Waals surface area (Å²) in [4.78, 5) is 23.4. The number of hydrogen-bond acceptors (Lipinski definition) is 3. The zero-order valence-corrected chi connectivity index (χ0v) is 11.6. The van der Waals surface area contributed by atoms with Crippen LogP contribution in [0.1, 0.15) is 46.5 Å². The van der Waals surface area contributed by atoms with E-state index in [0.717, 1.165) is 25.8 Å². The van der Waals surface area contributed by atoms with Gasteiger partial charge < -0.3 is 16.0 Å². The molecule has 1 aliphatic rings. The van der Waals surface area contributed by atoms with Crippen molar-refractivity contribution in [1.82, 2.24) is 16.0 Å². The molecule has 0 aromatic heterocycles. The van der Waals surface area contributed by atoms with Gasteiger partial charge in [0.05, 0.1) is 0 Å². The summed E-state index contributed by atoms with van der Waals surface area (Å²) in [5.74, 6) is -0.113. The maximum Gasteiger partial charge on any atom is 0.242 e. The minimum Gasteiger partial charge on any atom is -0.354 e. The first kappa shape index (κ1) is 15.0. The second-order valence-corrected chi connectivity index (χ2v) is 5.83. The zero-order chi connectivity index (χ0) is 13.6. The molecule has 1 unspecified atom stereocenters. The predicted octanol–water partition coefficient (Wildman–Crippen LogP) is 0.550. The third-order valence-corrected chi connectivity index (χ3v) is 2.88. The van der Waals surface area contributed by atoms with E-state index < -0.39 is 0 Å². The van der Waals surface area contributed by atoms with Gasteiger partial charge in [-0.2, -0.15) is 0 Å². The molecule has 0 bridgehead atoms. The molecule has 2 amide bonds. The molecule has 1 atom stereocenters. The summed E-state index contributed by atoms with van der Waals surface area (Å²) in [6.45, 7) is 7.53. The van der Waals surface area contributed by atoms with Crippen molar-refractivity contribution < 1.29 is 9.59 Å². The first-order valence-electron chi connectivity index (χ1n) is 6.70. The molecule has 3 N–H and O–H groups in total. The van der Waals surface area contributed by atoms with Gasteiger partial charge in [-0.25, -0.2) is 0 Å². The van der Waals surface area contributed by atoms with Crippen LogP contribution in [0.25, 0.3) is 0 Å². The molecule has 5 heteroatoms. The Labute approximate surface area is 109 Å². The average Bonchev–Trinajstić information content (AvgIpc) is 2.42. The van der Waals surface area contributed by atoms with Gasteiger partial charge in [-0.05, 0) is 40.0 Å². The summed E-state index contributed by atoms with van der Waals surface area (Å²) in [5, 5.41) is 8.87. The van der Waals surface area contributed by atoms with Gasteiger partial charge in [0, 0.05) is 25.0 Å². The third-order valence-electron chi connectivity index (χ3n) is 2.88. The first-order chi connectivity index (χ1) is 8.38. The highest BCUT2D eigenvalue weighted by molar-refractivity contribution is 5.87. The highest BCUT2D eigenvalue weighted by Gasteiger charge is 2.22. The fourth-order valence-corrected chi connectivity index (χ4v) is 1.89. The molecule has 1 heterocycles. The van der Waals surface area contributed by atoms with E-state index in [-0.39, 0.29) is 23.4 Å². The van der Waals surface area contributed by atoms with E-state index in [1.54, 1.807) is 0 Å². The molecule has 104 valence electrons. The van der Waals surface area contributed by atoms with Gasteiger partial charge in [-0.1, -0.05) is 0 Å². The van der Waals surface area contributed by atoms with Crippen LogP contribution in [0.15, 0.2) is 0 Å². The van der Waals surface area contributed by atoms with Crippen LogP contribution >= 0.6 is 0 Å². The van der Waals surface area contributed by atoms with E-state index in [2.05, 4.69) is 36.7 Å². The minimum atomic E-state index is -0.352. The van der Waals surface area contributed by atoms with Crippen LogP contribution < -0.4 is 16.0 Å². The Morgan fingerprint density at radius 2 is 2.11 bits per heavy atom. The van der Waals surface area contributed by atoms with Crippen molar-refractivity contribution in [1.29, 1.82) is 0 Å². The van der Waals surface area contributed by atoms with E-state index in [1.807, 2.05) is 0 Å². The number of carbonyl (C=O) groups is 2. The molecule has 1 fully saturated rings. The summed E-state index contributed by atoms with van der Waals surface area (Å²) >= 11 is 0. The predicted molar refractivity (Wildman–Crippen MR) is 71.2 cm³/mol. The number of amides is 2. The summed E-state index contributed by atoms with van der Waals surface area (Å²) in [7, 11) is 0. The van der Waals surface area contributed by atoms with Crippen molar-refractivity contribution in [3.8, 4) is 0 Å². The van der Waals surface area contributed by atoms with Crippen LogP contribution in [0.3, 0.4) is 0 Å². The van der Waals surface area contributed by atoms with Crippen LogP contribution in [0.2, 0.25) is 0 Å². The molecule has 1 rings (SSSR count). The van der Waals surface area contributed by atoms with Gasteiger partial charge in [0.2, 0.25) is 11.8 Å². The molecule has 1 saturated heterocycles. The molecule has 0 aliphatic carbocycles. The summed E-state index contributed by atoms with van der Waals surface area (Å²) in [6, 6.07) is -0.352. The number of hydrogen-bond donors (Lipinski definition) is 3. The quantitative estimate of drug-likeness (QED) is 0.687. The fourth-order valence-electron chi connectivity index (χ4n) is 1.89.